The molecule has 0 radical (unpaired) electrons. The lowest BCUT2D eigenvalue weighted by Gasteiger charge is -2.20. The largest absolute Gasteiger partial charge is 0.444 e. The minimum Gasteiger partial charge on any atom is -0.444 e. The van der Waals surface area contributed by atoms with Gasteiger partial charge in [-0.25, -0.2) is 9.78 Å². The monoisotopic (exact) mass is 363 g/mol. The number of carbonyl (C=O) groups is 2. The van der Waals surface area contributed by atoms with Gasteiger partial charge in [0.1, 0.15) is 11.3 Å². The quantitative estimate of drug-likeness (QED) is 0.695. The summed E-state index contributed by atoms with van der Waals surface area (Å²) in [4.78, 5) is 29.1. The number of benzene rings is 2. The Morgan fingerprint density at radius 3 is 2.37 bits per heavy atom. The molecule has 0 saturated heterocycles. The third-order valence-corrected chi connectivity index (χ3v) is 3.71. The van der Waals surface area contributed by atoms with Crippen molar-refractivity contribution in [2.24, 2.45) is 0 Å². The first-order chi connectivity index (χ1) is 12.8. The third kappa shape index (κ3) is 4.41. The van der Waals surface area contributed by atoms with Gasteiger partial charge in [-0.1, -0.05) is 42.5 Å². The molecule has 138 valence electrons. The molecule has 6 nitrogen and oxygen atoms in total. The average Bonchev–Trinajstić information content (AvgIpc) is 3.10. The highest BCUT2D eigenvalue weighted by Gasteiger charge is 2.20. The van der Waals surface area contributed by atoms with Gasteiger partial charge in [0.15, 0.2) is 0 Å². The van der Waals surface area contributed by atoms with E-state index < -0.39 is 11.7 Å². The first-order valence-electron chi connectivity index (χ1n) is 8.57. The highest BCUT2D eigenvalue weighted by atomic mass is 16.6. The van der Waals surface area contributed by atoms with E-state index in [2.05, 4.69) is 10.3 Å². The van der Waals surface area contributed by atoms with E-state index in [0.29, 0.717) is 22.6 Å². The van der Waals surface area contributed by atoms with Crippen LogP contribution in [0.3, 0.4) is 0 Å². The summed E-state index contributed by atoms with van der Waals surface area (Å²) < 4.78 is 6.97. The van der Waals surface area contributed by atoms with Crippen LogP contribution in [0.15, 0.2) is 67.1 Å². The van der Waals surface area contributed by atoms with Gasteiger partial charge in [-0.15, -0.1) is 0 Å². The number of nitrogens with zero attached hydrogens (tertiary/aromatic N) is 2. The fourth-order valence-corrected chi connectivity index (χ4v) is 2.60. The van der Waals surface area contributed by atoms with Gasteiger partial charge in [-0.2, -0.15) is 0 Å². The number of aromatic nitrogens is 2. The standard InChI is InChI=1S/C21H21N3O3/c1-21(2,3)27-20(26)23-16-11-7-8-12-17(16)24-14-22-13-18(24)19(25)15-9-5-4-6-10-15/h4-14H,1-3H3,(H,23,26). The van der Waals surface area contributed by atoms with Crippen LogP contribution in [0.25, 0.3) is 5.69 Å². The number of ketones is 1. The van der Waals surface area contributed by atoms with E-state index in [0.717, 1.165) is 0 Å². The number of amides is 1. The highest BCUT2D eigenvalue weighted by molar-refractivity contribution is 6.08. The molecule has 3 aromatic rings. The van der Waals surface area contributed by atoms with Crippen LogP contribution in [0, 0.1) is 0 Å². The van der Waals surface area contributed by atoms with Gasteiger partial charge in [0.05, 0.1) is 23.9 Å². The molecule has 1 N–H and O–H groups in total. The van der Waals surface area contributed by atoms with Crippen LogP contribution in [0.1, 0.15) is 36.8 Å². The lowest BCUT2D eigenvalue weighted by Crippen LogP contribution is -2.27. The second-order valence-corrected chi connectivity index (χ2v) is 6.99. The summed E-state index contributed by atoms with van der Waals surface area (Å²) in [5.41, 5.74) is 1.51. The van der Waals surface area contributed by atoms with Crippen molar-refractivity contribution in [1.29, 1.82) is 0 Å². The third-order valence-electron chi connectivity index (χ3n) is 3.71. The molecule has 0 atom stereocenters. The van der Waals surface area contributed by atoms with Crippen molar-refractivity contribution in [3.8, 4) is 5.69 Å². The molecule has 27 heavy (non-hydrogen) atoms. The molecule has 0 aliphatic heterocycles. The maximum atomic E-state index is 12.8. The predicted octanol–water partition coefficient (Wildman–Crippen LogP) is 4.45. The molecule has 1 heterocycles. The molecular weight excluding hydrogens is 342 g/mol. The van der Waals surface area contributed by atoms with Crippen LogP contribution in [0.4, 0.5) is 10.5 Å². The van der Waals surface area contributed by atoms with Crippen molar-refractivity contribution in [3.05, 3.63) is 78.4 Å². The second-order valence-electron chi connectivity index (χ2n) is 6.99. The minimum absolute atomic E-state index is 0.153. The van der Waals surface area contributed by atoms with Crippen molar-refractivity contribution < 1.29 is 14.3 Å². The number of hydrogen-bond donors (Lipinski definition) is 1. The molecule has 6 heteroatoms. The average molecular weight is 363 g/mol. The number of rotatable bonds is 4. The van der Waals surface area contributed by atoms with Gasteiger partial charge in [0.2, 0.25) is 5.78 Å². The number of para-hydroxylation sites is 2. The van der Waals surface area contributed by atoms with Gasteiger partial charge in [0.25, 0.3) is 0 Å². The van der Waals surface area contributed by atoms with Crippen LogP contribution in [0.2, 0.25) is 0 Å². The number of nitrogens with one attached hydrogen (secondary N) is 1. The Labute approximate surface area is 157 Å². The van der Waals surface area contributed by atoms with Crippen molar-refractivity contribution in [2.75, 3.05) is 5.32 Å². The van der Waals surface area contributed by atoms with Crippen LogP contribution in [0.5, 0.6) is 0 Å². The Balaban J connectivity index is 1.94. The lowest BCUT2D eigenvalue weighted by molar-refractivity contribution is 0.0635. The van der Waals surface area contributed by atoms with E-state index in [1.165, 1.54) is 6.20 Å². The summed E-state index contributed by atoms with van der Waals surface area (Å²) in [6, 6.07) is 16.2. The van der Waals surface area contributed by atoms with E-state index >= 15 is 0 Å². The minimum atomic E-state index is -0.609. The number of hydrogen-bond acceptors (Lipinski definition) is 4. The Bertz CT molecular complexity index is 956. The molecule has 1 aromatic heterocycles. The van der Waals surface area contributed by atoms with Crippen molar-refractivity contribution in [1.82, 2.24) is 9.55 Å². The fraction of sp³-hybridized carbons (Fsp3) is 0.190. The van der Waals surface area contributed by atoms with Gasteiger partial charge in [-0.05, 0) is 32.9 Å². The molecule has 1 amide bonds. The first-order valence-corrected chi connectivity index (χ1v) is 8.57. The van der Waals surface area contributed by atoms with Crippen LogP contribution in [-0.4, -0.2) is 27.0 Å². The molecule has 0 aliphatic carbocycles. The van der Waals surface area contributed by atoms with Crippen molar-refractivity contribution >= 4 is 17.6 Å². The fourth-order valence-electron chi connectivity index (χ4n) is 2.60. The highest BCUT2D eigenvalue weighted by Crippen LogP contribution is 2.23. The normalized spacial score (nSPS) is 11.1. The zero-order valence-electron chi connectivity index (χ0n) is 15.5. The van der Waals surface area contributed by atoms with Crippen molar-refractivity contribution in [3.63, 3.8) is 0 Å². The number of anilines is 1. The summed E-state index contributed by atoms with van der Waals surface area (Å²) in [7, 11) is 0. The van der Waals surface area contributed by atoms with Gasteiger partial charge in [0, 0.05) is 5.56 Å². The Hall–Kier alpha value is -3.41. The molecular formula is C21H21N3O3. The molecule has 0 spiro atoms. The van der Waals surface area contributed by atoms with Crippen LogP contribution < -0.4 is 5.32 Å². The predicted molar refractivity (Wildman–Crippen MR) is 103 cm³/mol. The van der Waals surface area contributed by atoms with Gasteiger partial charge in [-0.3, -0.25) is 14.7 Å². The van der Waals surface area contributed by atoms with Gasteiger partial charge < -0.3 is 4.74 Å². The topological polar surface area (TPSA) is 73.2 Å². The first kappa shape index (κ1) is 18.4. The maximum absolute atomic E-state index is 12.8. The number of ether oxygens (including phenoxy) is 1. The molecule has 2 aromatic carbocycles. The SMILES string of the molecule is CC(C)(C)OC(=O)Nc1ccccc1-n1cncc1C(=O)c1ccccc1. The Morgan fingerprint density at radius 1 is 1.00 bits per heavy atom. The maximum Gasteiger partial charge on any atom is 0.412 e. The van der Waals surface area contributed by atoms with E-state index in [-0.39, 0.29) is 5.78 Å². The summed E-state index contributed by atoms with van der Waals surface area (Å²) in [6.45, 7) is 5.39. The second kappa shape index (κ2) is 7.45. The number of imidazole rings is 1. The molecule has 0 bridgehead atoms. The van der Waals surface area contributed by atoms with Crippen molar-refractivity contribution in [2.45, 2.75) is 26.4 Å². The molecule has 0 fully saturated rings. The smallest absolute Gasteiger partial charge is 0.412 e. The van der Waals surface area contributed by atoms with E-state index in [1.807, 2.05) is 24.3 Å². The van der Waals surface area contributed by atoms with Crippen LogP contribution >= 0.6 is 0 Å². The Morgan fingerprint density at radius 2 is 1.67 bits per heavy atom. The molecule has 3 rings (SSSR count). The molecule has 0 unspecified atom stereocenters. The summed E-state index contributed by atoms with van der Waals surface area (Å²) in [5.74, 6) is -0.153. The Kier molecular flexibility index (Phi) is 5.07. The van der Waals surface area contributed by atoms with E-state index in [4.69, 9.17) is 4.74 Å². The van der Waals surface area contributed by atoms with Crippen LogP contribution in [-0.2, 0) is 4.74 Å². The summed E-state index contributed by atoms with van der Waals surface area (Å²) in [5, 5.41) is 2.74. The van der Waals surface area contributed by atoms with E-state index in [9.17, 15) is 9.59 Å². The number of carbonyl (C=O) groups excluding carboxylic acids is 2. The van der Waals surface area contributed by atoms with Gasteiger partial charge >= 0.3 is 6.09 Å². The van der Waals surface area contributed by atoms with E-state index in [1.54, 1.807) is 62.0 Å². The lowest BCUT2D eigenvalue weighted by atomic mass is 10.1. The zero-order valence-corrected chi connectivity index (χ0v) is 15.5. The molecule has 0 aliphatic rings. The summed E-state index contributed by atoms with van der Waals surface area (Å²) >= 11 is 0. The molecule has 0 saturated carbocycles. The summed E-state index contributed by atoms with van der Waals surface area (Å²) in [6.07, 6.45) is 2.50. The zero-order chi connectivity index (χ0) is 19.4.